The van der Waals surface area contributed by atoms with Crippen molar-refractivity contribution in [3.63, 3.8) is 0 Å². The number of carbonyl (C=O) groups excluding carboxylic acids is 1. The van der Waals surface area contributed by atoms with Crippen molar-refractivity contribution in [2.24, 2.45) is 0 Å². The number of carbonyl (C=O) groups is 1. The minimum absolute atomic E-state index is 0.348. The number of aldehydes is 1. The molecular weight excluding hydrogens is 200 g/mol. The Hall–Kier alpha value is -1.67. The Kier molecular flexibility index (Phi) is 3.32. The lowest BCUT2D eigenvalue weighted by molar-refractivity contribution is -0.117. The van der Waals surface area contributed by atoms with Gasteiger partial charge in [0.2, 0.25) is 0 Å². The number of rotatable bonds is 4. The highest BCUT2D eigenvalue weighted by molar-refractivity contribution is 5.85. The zero-order valence-corrected chi connectivity index (χ0v) is 9.22. The molecule has 0 saturated carbocycles. The summed E-state index contributed by atoms with van der Waals surface area (Å²) in [6.45, 7) is 2.22. The van der Waals surface area contributed by atoms with Crippen LogP contribution in [0.25, 0.3) is 10.8 Å². The first-order valence-corrected chi connectivity index (χ1v) is 5.35. The van der Waals surface area contributed by atoms with Gasteiger partial charge in [0.1, 0.15) is 12.4 Å². The maximum atomic E-state index is 10.5. The van der Waals surface area contributed by atoms with Gasteiger partial charge in [-0.15, -0.1) is 0 Å². The number of fused-ring (bicyclic) bond motifs is 1. The van der Waals surface area contributed by atoms with E-state index in [2.05, 4.69) is 18.2 Å². The molecule has 2 aromatic carbocycles. The summed E-state index contributed by atoms with van der Waals surface area (Å²) < 4.78 is 5.42. The van der Waals surface area contributed by atoms with Gasteiger partial charge in [0.25, 0.3) is 0 Å². The minimum atomic E-state index is -0.348. The van der Waals surface area contributed by atoms with Gasteiger partial charge in [0.05, 0.1) is 6.61 Å². The molecule has 2 aromatic rings. The highest BCUT2D eigenvalue weighted by Crippen LogP contribution is 2.19. The molecule has 2 heteroatoms. The van der Waals surface area contributed by atoms with Crippen molar-refractivity contribution in [2.75, 3.05) is 0 Å². The summed E-state index contributed by atoms with van der Waals surface area (Å²) in [5.41, 5.74) is 1.12. The summed E-state index contributed by atoms with van der Waals surface area (Å²) in [5, 5.41) is 2.38. The molecule has 0 aromatic heterocycles. The largest absolute Gasteiger partial charge is 0.366 e. The quantitative estimate of drug-likeness (QED) is 0.731. The highest BCUT2D eigenvalue weighted by Gasteiger charge is 2.03. The van der Waals surface area contributed by atoms with Gasteiger partial charge in [-0.3, -0.25) is 0 Å². The lowest BCUT2D eigenvalue weighted by Crippen LogP contribution is -2.09. The second-order valence-corrected chi connectivity index (χ2v) is 3.79. The standard InChI is InChI=1S/C14H14O2/c1-11(9-15)16-10-13-7-4-6-12-5-2-3-8-14(12)13/h2-9,11H,10H2,1H3. The van der Waals surface area contributed by atoms with Crippen LogP contribution < -0.4 is 0 Å². The minimum Gasteiger partial charge on any atom is -0.366 e. The molecular formula is C14H14O2. The predicted octanol–water partition coefficient (Wildman–Crippen LogP) is 2.94. The lowest BCUT2D eigenvalue weighted by atomic mass is 10.1. The highest BCUT2D eigenvalue weighted by atomic mass is 16.5. The summed E-state index contributed by atoms with van der Waals surface area (Å²) in [5.74, 6) is 0. The molecule has 82 valence electrons. The van der Waals surface area contributed by atoms with Crippen molar-refractivity contribution < 1.29 is 9.53 Å². The van der Waals surface area contributed by atoms with Crippen LogP contribution in [0.3, 0.4) is 0 Å². The lowest BCUT2D eigenvalue weighted by Gasteiger charge is -2.09. The van der Waals surface area contributed by atoms with Gasteiger partial charge in [-0.25, -0.2) is 0 Å². The van der Waals surface area contributed by atoms with E-state index in [0.717, 1.165) is 11.8 Å². The van der Waals surface area contributed by atoms with Crippen LogP contribution in [-0.4, -0.2) is 12.4 Å². The topological polar surface area (TPSA) is 26.3 Å². The van der Waals surface area contributed by atoms with Gasteiger partial charge in [-0.05, 0) is 23.3 Å². The second-order valence-electron chi connectivity index (χ2n) is 3.79. The molecule has 1 unspecified atom stereocenters. The normalized spacial score (nSPS) is 12.6. The molecule has 0 amide bonds. The predicted molar refractivity (Wildman–Crippen MR) is 64.3 cm³/mol. The number of benzene rings is 2. The molecule has 16 heavy (non-hydrogen) atoms. The van der Waals surface area contributed by atoms with E-state index in [1.54, 1.807) is 6.92 Å². The van der Waals surface area contributed by atoms with Crippen LogP contribution in [0, 0.1) is 0 Å². The first-order chi connectivity index (χ1) is 7.81. The Morgan fingerprint density at radius 3 is 2.75 bits per heavy atom. The van der Waals surface area contributed by atoms with Gasteiger partial charge in [-0.1, -0.05) is 42.5 Å². The van der Waals surface area contributed by atoms with Crippen LogP contribution in [0.4, 0.5) is 0 Å². The molecule has 0 bridgehead atoms. The molecule has 0 aliphatic rings. The molecule has 1 atom stereocenters. The smallest absolute Gasteiger partial charge is 0.148 e. The third-order valence-corrected chi connectivity index (χ3v) is 2.57. The van der Waals surface area contributed by atoms with E-state index < -0.39 is 0 Å². The Morgan fingerprint density at radius 1 is 1.19 bits per heavy atom. The van der Waals surface area contributed by atoms with Gasteiger partial charge in [0.15, 0.2) is 0 Å². The maximum Gasteiger partial charge on any atom is 0.148 e. The fourth-order valence-corrected chi connectivity index (χ4v) is 1.68. The molecule has 0 heterocycles. The van der Waals surface area contributed by atoms with E-state index in [9.17, 15) is 4.79 Å². The Balaban J connectivity index is 2.27. The van der Waals surface area contributed by atoms with Gasteiger partial charge >= 0.3 is 0 Å². The summed E-state index contributed by atoms with van der Waals surface area (Å²) in [6, 6.07) is 14.3. The van der Waals surface area contributed by atoms with Crippen molar-refractivity contribution in [2.45, 2.75) is 19.6 Å². The molecule has 2 rings (SSSR count). The van der Waals surface area contributed by atoms with Crippen LogP contribution in [0.5, 0.6) is 0 Å². The third kappa shape index (κ3) is 2.28. The fourth-order valence-electron chi connectivity index (χ4n) is 1.68. The van der Waals surface area contributed by atoms with Crippen molar-refractivity contribution in [3.05, 3.63) is 48.0 Å². The van der Waals surface area contributed by atoms with Gasteiger partial charge in [-0.2, -0.15) is 0 Å². The number of hydrogen-bond acceptors (Lipinski definition) is 2. The molecule has 0 saturated heterocycles. The fraction of sp³-hybridized carbons (Fsp3) is 0.214. The van der Waals surface area contributed by atoms with Crippen molar-refractivity contribution in [1.82, 2.24) is 0 Å². The molecule has 0 fully saturated rings. The van der Waals surface area contributed by atoms with E-state index in [1.807, 2.05) is 24.3 Å². The van der Waals surface area contributed by atoms with Gasteiger partial charge < -0.3 is 9.53 Å². The Labute approximate surface area is 94.8 Å². The summed E-state index contributed by atoms with van der Waals surface area (Å²) in [7, 11) is 0. The van der Waals surface area contributed by atoms with Crippen LogP contribution in [0.1, 0.15) is 12.5 Å². The third-order valence-electron chi connectivity index (χ3n) is 2.57. The SMILES string of the molecule is CC(C=O)OCc1cccc2ccccc12. The Bertz CT molecular complexity index is 486. The van der Waals surface area contributed by atoms with Crippen LogP contribution in [0.15, 0.2) is 42.5 Å². The molecule has 0 N–H and O–H groups in total. The molecule has 0 aliphatic carbocycles. The number of ether oxygens (including phenoxy) is 1. The summed E-state index contributed by atoms with van der Waals surface area (Å²) >= 11 is 0. The zero-order valence-electron chi connectivity index (χ0n) is 9.22. The van der Waals surface area contributed by atoms with Crippen LogP contribution in [-0.2, 0) is 16.1 Å². The number of hydrogen-bond donors (Lipinski definition) is 0. The monoisotopic (exact) mass is 214 g/mol. The average molecular weight is 214 g/mol. The van der Waals surface area contributed by atoms with Gasteiger partial charge in [0, 0.05) is 0 Å². The van der Waals surface area contributed by atoms with E-state index in [1.165, 1.54) is 10.8 Å². The van der Waals surface area contributed by atoms with E-state index in [4.69, 9.17) is 4.74 Å². The average Bonchev–Trinajstić information content (AvgIpc) is 2.35. The van der Waals surface area contributed by atoms with Crippen LogP contribution >= 0.6 is 0 Å². The second kappa shape index (κ2) is 4.90. The first-order valence-electron chi connectivity index (χ1n) is 5.35. The van der Waals surface area contributed by atoms with Crippen LogP contribution in [0.2, 0.25) is 0 Å². The summed E-state index contributed by atoms with van der Waals surface area (Å²) in [4.78, 5) is 10.5. The first kappa shape index (κ1) is 10.8. The molecule has 0 aliphatic heterocycles. The van der Waals surface area contributed by atoms with E-state index in [-0.39, 0.29) is 6.10 Å². The zero-order chi connectivity index (χ0) is 11.4. The van der Waals surface area contributed by atoms with E-state index in [0.29, 0.717) is 6.61 Å². The van der Waals surface area contributed by atoms with E-state index >= 15 is 0 Å². The molecule has 2 nitrogen and oxygen atoms in total. The Morgan fingerprint density at radius 2 is 1.94 bits per heavy atom. The maximum absolute atomic E-state index is 10.5. The van der Waals surface area contributed by atoms with Crippen molar-refractivity contribution in [3.8, 4) is 0 Å². The molecule has 0 radical (unpaired) electrons. The summed E-state index contributed by atoms with van der Waals surface area (Å²) in [6.07, 6.45) is 0.462. The van der Waals surface area contributed by atoms with Crippen molar-refractivity contribution >= 4 is 17.1 Å². The molecule has 0 spiro atoms. The van der Waals surface area contributed by atoms with Crippen molar-refractivity contribution in [1.29, 1.82) is 0 Å².